The normalized spacial score (nSPS) is 12.4. The topological polar surface area (TPSA) is 50.7 Å². The Morgan fingerprint density at radius 3 is 2.63 bits per heavy atom. The van der Waals surface area contributed by atoms with Gasteiger partial charge in [-0.05, 0) is 48.5 Å². The molecule has 0 amide bonds. The summed E-state index contributed by atoms with van der Waals surface area (Å²) >= 11 is 3.37. The molecule has 4 nitrogen and oxygen atoms in total. The van der Waals surface area contributed by atoms with E-state index in [1.54, 1.807) is 6.20 Å². The molecule has 2 heterocycles. The molecule has 0 aliphatic carbocycles. The Bertz CT molecular complexity index is 554. The molecule has 0 aromatic carbocycles. The molecule has 1 atom stereocenters. The van der Waals surface area contributed by atoms with E-state index in [-0.39, 0.29) is 6.04 Å². The molecule has 2 aromatic heterocycles. The molecule has 1 unspecified atom stereocenters. The molecule has 0 saturated carbocycles. The fourth-order valence-electron chi connectivity index (χ4n) is 1.95. The van der Waals surface area contributed by atoms with Gasteiger partial charge in [0.1, 0.15) is 5.69 Å². The summed E-state index contributed by atoms with van der Waals surface area (Å²) in [5, 5.41) is 3.37. The molecule has 2 aromatic rings. The Morgan fingerprint density at radius 2 is 2.05 bits per heavy atom. The molecule has 0 radical (unpaired) electrons. The lowest BCUT2D eigenvalue weighted by molar-refractivity contribution is 0.590. The summed E-state index contributed by atoms with van der Waals surface area (Å²) in [6, 6.07) is 4.11. The van der Waals surface area contributed by atoms with Gasteiger partial charge in [0, 0.05) is 34.2 Å². The van der Waals surface area contributed by atoms with E-state index in [1.807, 2.05) is 25.3 Å². The minimum absolute atomic E-state index is 0.261. The zero-order chi connectivity index (χ0) is 13.8. The van der Waals surface area contributed by atoms with Crippen molar-refractivity contribution in [1.29, 1.82) is 0 Å². The summed E-state index contributed by atoms with van der Waals surface area (Å²) in [5.74, 6) is 0.664. The Kier molecular flexibility index (Phi) is 4.61. The molecule has 1 N–H and O–H groups in total. The number of halogens is 1. The van der Waals surface area contributed by atoms with Gasteiger partial charge in [-0.3, -0.25) is 4.98 Å². The van der Waals surface area contributed by atoms with Gasteiger partial charge in [0.15, 0.2) is 5.82 Å². The van der Waals surface area contributed by atoms with Crippen LogP contribution < -0.4 is 5.32 Å². The maximum Gasteiger partial charge on any atom is 0.178 e. The number of aryl methyl sites for hydroxylation is 1. The predicted octanol–water partition coefficient (Wildman–Crippen LogP) is 3.28. The second kappa shape index (κ2) is 6.21. The highest BCUT2D eigenvalue weighted by Crippen LogP contribution is 2.19. The molecule has 0 aliphatic heterocycles. The highest BCUT2D eigenvalue weighted by atomic mass is 79.9. The minimum atomic E-state index is 0.261. The number of nitrogens with one attached hydrogen (secondary N) is 1. The van der Waals surface area contributed by atoms with Gasteiger partial charge >= 0.3 is 0 Å². The van der Waals surface area contributed by atoms with Crippen molar-refractivity contribution in [2.24, 2.45) is 0 Å². The lowest BCUT2D eigenvalue weighted by atomic mass is 10.1. The second-order valence-corrected chi connectivity index (χ2v) is 5.29. The first kappa shape index (κ1) is 14.1. The van der Waals surface area contributed by atoms with Crippen molar-refractivity contribution in [2.45, 2.75) is 26.8 Å². The van der Waals surface area contributed by atoms with Crippen LogP contribution in [0.5, 0.6) is 0 Å². The molecule has 0 saturated heterocycles. The van der Waals surface area contributed by atoms with E-state index in [0.29, 0.717) is 5.82 Å². The second-order valence-electron chi connectivity index (χ2n) is 4.38. The average Bonchev–Trinajstić information content (AvgIpc) is 2.39. The Balaban J connectivity index is 2.30. The third kappa shape index (κ3) is 3.36. The summed E-state index contributed by atoms with van der Waals surface area (Å²) in [4.78, 5) is 13.3. The maximum absolute atomic E-state index is 4.55. The third-order valence-corrected chi connectivity index (χ3v) is 3.42. The van der Waals surface area contributed by atoms with Crippen molar-refractivity contribution >= 4 is 15.9 Å². The van der Waals surface area contributed by atoms with E-state index in [4.69, 9.17) is 0 Å². The lowest BCUT2D eigenvalue weighted by Crippen LogP contribution is -2.19. The Morgan fingerprint density at radius 1 is 1.26 bits per heavy atom. The van der Waals surface area contributed by atoms with Crippen LogP contribution in [0.25, 0.3) is 11.5 Å². The number of pyridine rings is 1. The quantitative estimate of drug-likeness (QED) is 0.939. The molecular formula is C14H17BrN4. The summed E-state index contributed by atoms with van der Waals surface area (Å²) in [6.07, 6.45) is 3.64. The highest BCUT2D eigenvalue weighted by Gasteiger charge is 2.11. The maximum atomic E-state index is 4.55. The van der Waals surface area contributed by atoms with Gasteiger partial charge in [-0.15, -0.1) is 0 Å². The van der Waals surface area contributed by atoms with Crippen LogP contribution in [-0.4, -0.2) is 21.5 Å². The summed E-state index contributed by atoms with van der Waals surface area (Å²) in [6.45, 7) is 7.14. The monoisotopic (exact) mass is 320 g/mol. The molecule has 19 heavy (non-hydrogen) atoms. The number of hydrogen-bond acceptors (Lipinski definition) is 4. The van der Waals surface area contributed by atoms with Crippen molar-refractivity contribution < 1.29 is 0 Å². The summed E-state index contributed by atoms with van der Waals surface area (Å²) in [7, 11) is 0. The molecule has 0 aliphatic rings. The summed E-state index contributed by atoms with van der Waals surface area (Å²) < 4.78 is 0.949. The van der Waals surface area contributed by atoms with Crippen molar-refractivity contribution in [3.05, 3.63) is 40.3 Å². The van der Waals surface area contributed by atoms with Gasteiger partial charge in [0.25, 0.3) is 0 Å². The predicted molar refractivity (Wildman–Crippen MR) is 79.8 cm³/mol. The van der Waals surface area contributed by atoms with Crippen LogP contribution in [0.4, 0.5) is 0 Å². The molecule has 100 valence electrons. The van der Waals surface area contributed by atoms with Crippen LogP contribution in [0.1, 0.15) is 31.1 Å². The standard InChI is InChI=1S/C14H17BrN4/c1-4-16-9(2)12-8-18-14(19-10(12)3)13-6-5-11(15)7-17-13/h5-9,16H,4H2,1-3H3. The Hall–Kier alpha value is -1.33. The molecule has 5 heteroatoms. The minimum Gasteiger partial charge on any atom is -0.310 e. The van der Waals surface area contributed by atoms with Crippen LogP contribution in [0.2, 0.25) is 0 Å². The van der Waals surface area contributed by atoms with E-state index >= 15 is 0 Å². The first-order valence-electron chi connectivity index (χ1n) is 6.30. The van der Waals surface area contributed by atoms with Crippen molar-refractivity contribution in [3.63, 3.8) is 0 Å². The zero-order valence-corrected chi connectivity index (χ0v) is 12.9. The first-order valence-corrected chi connectivity index (χ1v) is 7.10. The molecule has 2 rings (SSSR count). The molecular weight excluding hydrogens is 304 g/mol. The first-order chi connectivity index (χ1) is 9.11. The van der Waals surface area contributed by atoms with Crippen LogP contribution >= 0.6 is 15.9 Å². The van der Waals surface area contributed by atoms with Crippen LogP contribution in [0, 0.1) is 6.92 Å². The zero-order valence-electron chi connectivity index (χ0n) is 11.3. The van der Waals surface area contributed by atoms with Crippen LogP contribution in [0.15, 0.2) is 29.0 Å². The fraction of sp³-hybridized carbons (Fsp3) is 0.357. The summed E-state index contributed by atoms with van der Waals surface area (Å²) in [5.41, 5.74) is 2.90. The fourth-order valence-corrected chi connectivity index (χ4v) is 2.18. The SMILES string of the molecule is CCNC(C)c1cnc(-c2ccc(Br)cn2)nc1C. The molecule has 0 bridgehead atoms. The van der Waals surface area contributed by atoms with Crippen molar-refractivity contribution in [1.82, 2.24) is 20.3 Å². The lowest BCUT2D eigenvalue weighted by Gasteiger charge is -2.14. The van der Waals surface area contributed by atoms with Gasteiger partial charge in [0.2, 0.25) is 0 Å². The van der Waals surface area contributed by atoms with E-state index in [0.717, 1.165) is 28.0 Å². The number of rotatable bonds is 4. The number of aromatic nitrogens is 3. The largest absolute Gasteiger partial charge is 0.310 e. The molecule has 0 spiro atoms. The third-order valence-electron chi connectivity index (χ3n) is 2.95. The van der Waals surface area contributed by atoms with Crippen molar-refractivity contribution in [3.8, 4) is 11.5 Å². The van der Waals surface area contributed by atoms with Gasteiger partial charge in [-0.1, -0.05) is 6.92 Å². The van der Waals surface area contributed by atoms with Crippen molar-refractivity contribution in [2.75, 3.05) is 6.54 Å². The van der Waals surface area contributed by atoms with E-state index in [2.05, 4.69) is 50.0 Å². The van der Waals surface area contributed by atoms with E-state index in [9.17, 15) is 0 Å². The van der Waals surface area contributed by atoms with Gasteiger partial charge in [0.05, 0.1) is 0 Å². The van der Waals surface area contributed by atoms with E-state index < -0.39 is 0 Å². The number of nitrogens with zero attached hydrogens (tertiary/aromatic N) is 3. The average molecular weight is 321 g/mol. The highest BCUT2D eigenvalue weighted by molar-refractivity contribution is 9.10. The van der Waals surface area contributed by atoms with E-state index in [1.165, 1.54) is 0 Å². The van der Waals surface area contributed by atoms with Crippen LogP contribution in [0.3, 0.4) is 0 Å². The van der Waals surface area contributed by atoms with Crippen LogP contribution in [-0.2, 0) is 0 Å². The van der Waals surface area contributed by atoms with Gasteiger partial charge in [-0.25, -0.2) is 9.97 Å². The van der Waals surface area contributed by atoms with Gasteiger partial charge < -0.3 is 5.32 Å². The molecule has 0 fully saturated rings. The number of hydrogen-bond donors (Lipinski definition) is 1. The smallest absolute Gasteiger partial charge is 0.178 e. The van der Waals surface area contributed by atoms with Gasteiger partial charge in [-0.2, -0.15) is 0 Å². The Labute approximate surface area is 121 Å².